The van der Waals surface area contributed by atoms with E-state index in [1.54, 1.807) is 0 Å². The van der Waals surface area contributed by atoms with E-state index in [4.69, 9.17) is 27.3 Å². The van der Waals surface area contributed by atoms with Gasteiger partial charge in [-0.2, -0.15) is 5.26 Å². The van der Waals surface area contributed by atoms with Gasteiger partial charge in [0, 0.05) is 28.4 Å². The predicted molar refractivity (Wildman–Crippen MR) is 101 cm³/mol. The van der Waals surface area contributed by atoms with E-state index in [9.17, 15) is 13.6 Å². The van der Waals surface area contributed by atoms with Crippen LogP contribution in [0.25, 0.3) is 0 Å². The van der Waals surface area contributed by atoms with Crippen LogP contribution in [0, 0.1) is 17.2 Å². The van der Waals surface area contributed by atoms with Crippen molar-refractivity contribution in [2.75, 3.05) is 5.32 Å². The predicted octanol–water partition coefficient (Wildman–Crippen LogP) is 3.05. The summed E-state index contributed by atoms with van der Waals surface area (Å²) in [6, 6.07) is 8.72. The van der Waals surface area contributed by atoms with Gasteiger partial charge in [-0.25, -0.2) is 18.8 Å². The normalized spacial score (nSPS) is 24.7. The fraction of sp³-hybridized carbons (Fsp3) is 0.263. The second-order valence-electron chi connectivity index (χ2n) is 6.77. The van der Waals surface area contributed by atoms with Crippen molar-refractivity contribution >= 4 is 29.2 Å². The molecule has 1 aromatic heterocycles. The number of nitriles is 1. The van der Waals surface area contributed by atoms with Crippen molar-refractivity contribution in [3.8, 4) is 6.07 Å². The smallest absolute Gasteiger partial charge is 0.283 e. The third-order valence-electron chi connectivity index (χ3n) is 4.98. The molecule has 1 fully saturated rings. The molecule has 2 aromatic rings. The highest BCUT2D eigenvalue weighted by molar-refractivity contribution is 6.31. The van der Waals surface area contributed by atoms with E-state index in [0.29, 0.717) is 12.0 Å². The molecule has 2 aliphatic rings. The Kier molecular flexibility index (Phi) is 4.59. The first-order valence-electron chi connectivity index (χ1n) is 8.63. The summed E-state index contributed by atoms with van der Waals surface area (Å²) in [6.45, 7) is 0. The van der Waals surface area contributed by atoms with Gasteiger partial charge in [0.05, 0.1) is 5.56 Å². The minimum absolute atomic E-state index is 0.0681. The van der Waals surface area contributed by atoms with Crippen molar-refractivity contribution in [3.05, 3.63) is 58.4 Å². The number of aromatic nitrogens is 1. The number of aliphatic imine (C=N–C) groups is 1. The zero-order valence-electron chi connectivity index (χ0n) is 14.8. The van der Waals surface area contributed by atoms with Gasteiger partial charge < -0.3 is 15.8 Å². The van der Waals surface area contributed by atoms with Crippen LogP contribution < -0.4 is 11.1 Å². The highest BCUT2D eigenvalue weighted by atomic mass is 35.5. The zero-order valence-corrected chi connectivity index (χ0v) is 15.5. The summed E-state index contributed by atoms with van der Waals surface area (Å²) in [5.74, 6) is -1.12. The number of ether oxygens (including phenoxy) is 1. The summed E-state index contributed by atoms with van der Waals surface area (Å²) in [4.78, 5) is 20.3. The highest BCUT2D eigenvalue weighted by Gasteiger charge is 2.64. The number of fused-ring (bicyclic) bond motifs is 1. The number of nitrogens with zero attached hydrogens (tertiary/aromatic N) is 3. The standard InChI is InChI=1S/C19H14ClF2N5O2/c20-13-3-2-10(26-16(28)14-4-1-9(7-23)8-25-14)5-11(13)19(17(21)22)12-6-15(12)29-18(24)27-19/h1-5,8,12,15,17H,6H2,(H2,24,27)(H,26,28)/t12?,15-,19-/m1/s1. The molecular formula is C19H14ClF2N5O2. The van der Waals surface area contributed by atoms with Crippen LogP contribution in [-0.2, 0) is 10.3 Å². The van der Waals surface area contributed by atoms with Gasteiger partial charge in [0.2, 0.25) is 0 Å². The quantitative estimate of drug-likeness (QED) is 0.793. The molecule has 1 unspecified atom stereocenters. The Morgan fingerprint density at radius 2 is 2.21 bits per heavy atom. The van der Waals surface area contributed by atoms with E-state index < -0.39 is 29.9 Å². The molecule has 0 radical (unpaired) electrons. The summed E-state index contributed by atoms with van der Waals surface area (Å²) < 4.78 is 33.7. The summed E-state index contributed by atoms with van der Waals surface area (Å²) in [6.07, 6.45) is -1.65. The number of hydrogen-bond acceptors (Lipinski definition) is 6. The lowest BCUT2D eigenvalue weighted by atomic mass is 9.84. The summed E-state index contributed by atoms with van der Waals surface area (Å²) in [5, 5.41) is 11.5. The molecule has 1 aromatic carbocycles. The average Bonchev–Trinajstić information content (AvgIpc) is 3.48. The molecule has 2 heterocycles. The third kappa shape index (κ3) is 3.25. The van der Waals surface area contributed by atoms with Gasteiger partial charge in [-0.3, -0.25) is 4.79 Å². The number of rotatable bonds is 4. The molecule has 3 N–H and O–H groups in total. The SMILES string of the molecule is N#Cc1ccc(C(=O)Nc2ccc(Cl)c([C@@]3(C(F)F)N=C(N)O[C@@H]4CC43)c2)nc1. The van der Waals surface area contributed by atoms with Gasteiger partial charge in [-0.15, -0.1) is 0 Å². The number of benzene rings is 1. The number of pyridine rings is 1. The second-order valence-corrected chi connectivity index (χ2v) is 7.17. The molecule has 3 atom stereocenters. The monoisotopic (exact) mass is 417 g/mol. The maximum atomic E-state index is 14.2. The Hall–Kier alpha value is -3.25. The number of amidine groups is 1. The van der Waals surface area contributed by atoms with E-state index >= 15 is 0 Å². The molecule has 7 nitrogen and oxygen atoms in total. The zero-order chi connectivity index (χ0) is 20.8. The van der Waals surface area contributed by atoms with Gasteiger partial charge in [-0.05, 0) is 36.8 Å². The van der Waals surface area contributed by atoms with E-state index in [1.165, 1.54) is 36.5 Å². The number of alkyl halides is 2. The summed E-state index contributed by atoms with van der Waals surface area (Å²) >= 11 is 6.24. The van der Waals surface area contributed by atoms with E-state index in [-0.39, 0.29) is 28.0 Å². The molecule has 1 saturated carbocycles. The number of anilines is 1. The minimum atomic E-state index is -2.87. The maximum absolute atomic E-state index is 14.2. The molecule has 29 heavy (non-hydrogen) atoms. The van der Waals surface area contributed by atoms with Gasteiger partial charge in [-0.1, -0.05) is 11.6 Å². The van der Waals surface area contributed by atoms with Crippen molar-refractivity contribution in [1.82, 2.24) is 4.98 Å². The molecule has 1 amide bonds. The van der Waals surface area contributed by atoms with Crippen LogP contribution in [0.1, 0.15) is 28.0 Å². The highest BCUT2D eigenvalue weighted by Crippen LogP contribution is 2.57. The first kappa shape index (κ1) is 19.1. The van der Waals surface area contributed by atoms with E-state index in [1.807, 2.05) is 6.07 Å². The molecule has 1 aliphatic heterocycles. The number of halogens is 3. The van der Waals surface area contributed by atoms with Gasteiger partial charge in [0.15, 0.2) is 5.54 Å². The Balaban J connectivity index is 1.68. The maximum Gasteiger partial charge on any atom is 0.283 e. The number of nitrogens with two attached hydrogens (primary N) is 1. The lowest BCUT2D eigenvalue weighted by Gasteiger charge is -2.33. The Labute approximate surface area is 169 Å². The lowest BCUT2D eigenvalue weighted by Crippen LogP contribution is -2.43. The Morgan fingerprint density at radius 1 is 1.41 bits per heavy atom. The van der Waals surface area contributed by atoms with Crippen LogP contribution in [0.3, 0.4) is 0 Å². The third-order valence-corrected chi connectivity index (χ3v) is 5.31. The van der Waals surface area contributed by atoms with Crippen LogP contribution in [0.4, 0.5) is 14.5 Å². The number of carbonyl (C=O) groups is 1. The van der Waals surface area contributed by atoms with Gasteiger partial charge >= 0.3 is 0 Å². The van der Waals surface area contributed by atoms with E-state index in [2.05, 4.69) is 15.3 Å². The van der Waals surface area contributed by atoms with Crippen molar-refractivity contribution in [2.45, 2.75) is 24.5 Å². The molecule has 0 bridgehead atoms. The van der Waals surface area contributed by atoms with Gasteiger partial charge in [0.25, 0.3) is 18.4 Å². The Bertz CT molecular complexity index is 1050. The fourth-order valence-corrected chi connectivity index (χ4v) is 3.77. The van der Waals surface area contributed by atoms with Crippen molar-refractivity contribution < 1.29 is 18.3 Å². The largest absolute Gasteiger partial charge is 0.462 e. The fourth-order valence-electron chi connectivity index (χ4n) is 3.50. The molecule has 0 saturated heterocycles. The second kappa shape index (κ2) is 6.97. The summed E-state index contributed by atoms with van der Waals surface area (Å²) in [7, 11) is 0. The van der Waals surface area contributed by atoms with Gasteiger partial charge in [0.1, 0.15) is 17.9 Å². The molecular weight excluding hydrogens is 404 g/mol. The number of amides is 1. The van der Waals surface area contributed by atoms with Crippen LogP contribution >= 0.6 is 11.6 Å². The number of nitrogens with one attached hydrogen (secondary N) is 1. The van der Waals surface area contributed by atoms with E-state index in [0.717, 1.165) is 0 Å². The number of hydrogen-bond donors (Lipinski definition) is 2. The molecule has 4 rings (SSSR count). The molecule has 10 heteroatoms. The Morgan fingerprint density at radius 3 is 2.86 bits per heavy atom. The van der Waals surface area contributed by atoms with Crippen LogP contribution in [0.15, 0.2) is 41.5 Å². The van der Waals surface area contributed by atoms with Crippen LogP contribution in [-0.4, -0.2) is 29.4 Å². The topological polar surface area (TPSA) is 113 Å². The lowest BCUT2D eigenvalue weighted by molar-refractivity contribution is 0.0197. The number of carbonyl (C=O) groups excluding carboxylic acids is 1. The van der Waals surface area contributed by atoms with Crippen LogP contribution in [0.2, 0.25) is 5.02 Å². The van der Waals surface area contributed by atoms with Crippen LogP contribution in [0.5, 0.6) is 0 Å². The van der Waals surface area contributed by atoms with Crippen molar-refractivity contribution in [1.29, 1.82) is 5.26 Å². The van der Waals surface area contributed by atoms with Crippen molar-refractivity contribution in [2.24, 2.45) is 16.6 Å². The minimum Gasteiger partial charge on any atom is -0.462 e. The molecule has 1 aliphatic carbocycles. The van der Waals surface area contributed by atoms with Crippen molar-refractivity contribution in [3.63, 3.8) is 0 Å². The molecule has 148 valence electrons. The first-order valence-corrected chi connectivity index (χ1v) is 9.00. The first-order chi connectivity index (χ1) is 13.8. The average molecular weight is 418 g/mol. The molecule has 0 spiro atoms. The summed E-state index contributed by atoms with van der Waals surface area (Å²) in [5.41, 5.74) is 4.38.